The van der Waals surface area contributed by atoms with Crippen molar-refractivity contribution >= 4 is 29.2 Å². The zero-order valence-electron chi connectivity index (χ0n) is 12.7. The van der Waals surface area contributed by atoms with E-state index in [0.29, 0.717) is 0 Å². The molecule has 2 aromatic rings. The van der Waals surface area contributed by atoms with Gasteiger partial charge in [-0.15, -0.1) is 5.56 Å². The molecule has 4 rings (SSSR count). The molecule has 0 aliphatic heterocycles. The molecular weight excluding hydrogens is 402 g/mol. The van der Waals surface area contributed by atoms with E-state index < -0.39 is 20.8 Å². The minimum absolute atomic E-state index is 0.826. The van der Waals surface area contributed by atoms with Crippen LogP contribution < -0.4 is 0 Å². The Morgan fingerprint density at radius 2 is 1.39 bits per heavy atom. The summed E-state index contributed by atoms with van der Waals surface area (Å²) in [5, 5.41) is 0. The van der Waals surface area contributed by atoms with E-state index in [2.05, 4.69) is 67.1 Å². The van der Waals surface area contributed by atoms with Gasteiger partial charge in [0, 0.05) is 0 Å². The molecule has 23 heavy (non-hydrogen) atoms. The monoisotopic (exact) mass is 417 g/mol. The fourth-order valence-electron chi connectivity index (χ4n) is 3.18. The fraction of sp³-hybridized carbons (Fsp3) is 0.150. The summed E-state index contributed by atoms with van der Waals surface area (Å²) in [5.74, 6) is 0. The van der Waals surface area contributed by atoms with E-state index in [0.717, 1.165) is 19.3 Å². The van der Waals surface area contributed by atoms with Crippen molar-refractivity contribution in [1.82, 2.24) is 0 Å². The fourth-order valence-corrected chi connectivity index (χ4v) is 3.18. The Hall–Kier alpha value is -0.747. The third kappa shape index (κ3) is 4.41. The van der Waals surface area contributed by atoms with Gasteiger partial charge in [0.05, 0.1) is 0 Å². The van der Waals surface area contributed by atoms with E-state index in [9.17, 15) is 0 Å². The number of allylic oxidation sites excluding steroid dienone is 2. The van der Waals surface area contributed by atoms with E-state index in [1.165, 1.54) is 33.4 Å². The van der Waals surface area contributed by atoms with E-state index in [1.54, 1.807) is 0 Å². The second-order valence-corrected chi connectivity index (χ2v) is 9.48. The maximum absolute atomic E-state index is 4.93. The van der Waals surface area contributed by atoms with E-state index in [1.807, 2.05) is 0 Å². The van der Waals surface area contributed by atoms with Gasteiger partial charge in [0.1, 0.15) is 0 Å². The summed E-state index contributed by atoms with van der Waals surface area (Å²) in [7, 11) is 9.87. The average Bonchev–Trinajstić information content (AvgIpc) is 3.16. The molecule has 0 heterocycles. The quantitative estimate of drug-likeness (QED) is 0.517. The molecule has 2 aliphatic carbocycles. The zero-order chi connectivity index (χ0) is 16.1. The van der Waals surface area contributed by atoms with Gasteiger partial charge in [-0.1, -0.05) is 72.2 Å². The molecule has 0 saturated carbocycles. The van der Waals surface area contributed by atoms with Gasteiger partial charge in [0.2, 0.25) is 0 Å². The topological polar surface area (TPSA) is 0 Å². The van der Waals surface area contributed by atoms with E-state index >= 15 is 0 Å². The van der Waals surface area contributed by atoms with Gasteiger partial charge in [-0.3, -0.25) is 0 Å². The molecule has 0 aromatic heterocycles. The van der Waals surface area contributed by atoms with Crippen molar-refractivity contribution in [3.63, 3.8) is 0 Å². The van der Waals surface area contributed by atoms with Crippen LogP contribution in [0.25, 0.3) is 12.2 Å². The molecule has 0 atom stereocenters. The summed E-state index contributed by atoms with van der Waals surface area (Å²) in [6.45, 7) is 0. The summed E-state index contributed by atoms with van der Waals surface area (Å²) < 4.78 is 0. The molecule has 116 valence electrons. The maximum atomic E-state index is 4.93. The van der Waals surface area contributed by atoms with Crippen LogP contribution in [0, 0.1) is 6.42 Å². The summed E-state index contributed by atoms with van der Waals surface area (Å²) in [4.78, 5) is 0. The number of rotatable bonds is 3. The van der Waals surface area contributed by atoms with Gasteiger partial charge in [0.15, 0.2) is 0 Å². The molecule has 0 amide bonds. The molecule has 0 spiro atoms. The molecule has 0 radical (unpaired) electrons. The Labute approximate surface area is 156 Å². The number of halogens is 2. The minimum atomic E-state index is -0.826. The van der Waals surface area contributed by atoms with Crippen LogP contribution in [0.1, 0.15) is 28.7 Å². The van der Waals surface area contributed by atoms with Crippen LogP contribution in [-0.4, -0.2) is 0 Å². The van der Waals surface area contributed by atoms with Crippen LogP contribution in [0.5, 0.6) is 0 Å². The van der Waals surface area contributed by atoms with Gasteiger partial charge in [0.25, 0.3) is 0 Å². The summed E-state index contributed by atoms with van der Waals surface area (Å²) >= 11 is -0.826. The molecule has 0 bridgehead atoms. The summed E-state index contributed by atoms with van der Waals surface area (Å²) in [6, 6.07) is 17.4. The van der Waals surface area contributed by atoms with Crippen molar-refractivity contribution in [2.24, 2.45) is 0 Å². The third-order valence-corrected chi connectivity index (χ3v) is 4.25. The van der Waals surface area contributed by atoms with Crippen LogP contribution in [-0.2, 0) is 33.7 Å². The Morgan fingerprint density at radius 1 is 0.826 bits per heavy atom. The van der Waals surface area contributed by atoms with Crippen molar-refractivity contribution in [2.75, 3.05) is 0 Å². The normalized spacial score (nSPS) is 14.0. The number of hydrogen-bond acceptors (Lipinski definition) is 0. The predicted molar refractivity (Wildman–Crippen MR) is 96.9 cm³/mol. The Balaban J connectivity index is 0.000000485. The molecule has 0 saturated heterocycles. The first kappa shape index (κ1) is 17.1. The molecule has 2 aliphatic rings. The van der Waals surface area contributed by atoms with Crippen molar-refractivity contribution in [3.8, 4) is 0 Å². The summed E-state index contributed by atoms with van der Waals surface area (Å²) in [6.07, 6.45) is 10.4. The second kappa shape index (κ2) is 8.38. The van der Waals surface area contributed by atoms with Crippen molar-refractivity contribution in [1.29, 1.82) is 0 Å². The third-order valence-electron chi connectivity index (χ3n) is 4.25. The van der Waals surface area contributed by atoms with Crippen LogP contribution in [0.15, 0.2) is 59.7 Å². The molecule has 0 N–H and O–H groups in total. The number of benzene rings is 2. The zero-order valence-corrected chi connectivity index (χ0v) is 16.7. The van der Waals surface area contributed by atoms with Crippen LogP contribution in [0.3, 0.4) is 0 Å². The Bertz CT molecular complexity index is 683. The van der Waals surface area contributed by atoms with Crippen molar-refractivity contribution in [2.45, 2.75) is 19.3 Å². The number of fused-ring (bicyclic) bond motifs is 2. The molecule has 0 unspecified atom stereocenters. The molecule has 2 aromatic carbocycles. The average molecular weight is 419 g/mol. The first-order chi connectivity index (χ1) is 11.3. The Kier molecular flexibility index (Phi) is 6.23. The van der Waals surface area contributed by atoms with Gasteiger partial charge in [-0.2, -0.15) is 6.08 Å². The molecule has 0 fully saturated rings. The number of hydrogen-bond donors (Lipinski definition) is 0. The summed E-state index contributed by atoms with van der Waals surface area (Å²) in [5.41, 5.74) is 8.72. The SMILES string of the molecule is C1=C([CH-]CC2=Cc3ccccc3C2)Cc2ccccc21.[Cl][Zr][Cl]. The predicted octanol–water partition coefficient (Wildman–Crippen LogP) is 6.24. The van der Waals surface area contributed by atoms with Gasteiger partial charge >= 0.3 is 37.9 Å². The molecule has 0 nitrogen and oxygen atoms in total. The molecule has 3 heteroatoms. The van der Waals surface area contributed by atoms with Crippen molar-refractivity contribution in [3.05, 3.63) is 88.4 Å². The van der Waals surface area contributed by atoms with Gasteiger partial charge in [-0.05, 0) is 24.0 Å². The van der Waals surface area contributed by atoms with Crippen molar-refractivity contribution < 1.29 is 20.8 Å². The first-order valence-corrected chi connectivity index (χ1v) is 14.0. The van der Waals surface area contributed by atoms with E-state index in [-0.39, 0.29) is 0 Å². The van der Waals surface area contributed by atoms with Crippen LogP contribution in [0.4, 0.5) is 0 Å². The molecular formula is C20H17Cl2Zr-. The van der Waals surface area contributed by atoms with Crippen LogP contribution in [0.2, 0.25) is 0 Å². The Morgan fingerprint density at radius 3 is 2.00 bits per heavy atom. The van der Waals surface area contributed by atoms with E-state index in [4.69, 9.17) is 17.0 Å². The van der Waals surface area contributed by atoms with Crippen LogP contribution >= 0.6 is 17.0 Å². The standard InChI is InChI=1S/C20H17.2ClH.Zr/c1-2-6-18-12-15(11-17(18)5-1)9-10-16-13-19-7-3-4-8-20(19)14-16;;;/h1-9,11,13H,10,12,14H2;2*1H;/q-1;;;+2/p-2. The second-order valence-electron chi connectivity index (χ2n) is 5.75. The first-order valence-electron chi connectivity index (χ1n) is 7.65. The van der Waals surface area contributed by atoms with Gasteiger partial charge in [-0.25, -0.2) is 12.0 Å². The van der Waals surface area contributed by atoms with Gasteiger partial charge < -0.3 is 0 Å².